The molecule has 70 valence electrons. The molecule has 0 bridgehead atoms. The van der Waals surface area contributed by atoms with Gasteiger partial charge < -0.3 is 10.5 Å². The molecule has 1 fully saturated rings. The first-order valence-corrected chi connectivity index (χ1v) is 4.41. The molecule has 12 heavy (non-hydrogen) atoms. The topological polar surface area (TPSA) is 55.6 Å². The van der Waals surface area contributed by atoms with Crippen LogP contribution in [0.15, 0.2) is 0 Å². The Morgan fingerprint density at radius 2 is 2.33 bits per heavy atom. The maximum atomic E-state index is 10.8. The lowest BCUT2D eigenvalue weighted by Crippen LogP contribution is -2.28. The van der Waals surface area contributed by atoms with Crippen molar-refractivity contribution in [2.24, 2.45) is 5.73 Å². The van der Waals surface area contributed by atoms with Crippen LogP contribution in [-0.4, -0.2) is 43.7 Å². The van der Waals surface area contributed by atoms with Crippen LogP contribution in [0.4, 0.5) is 0 Å². The number of ether oxygens (including phenoxy) is 1. The van der Waals surface area contributed by atoms with E-state index in [1.165, 1.54) is 0 Å². The fourth-order valence-corrected chi connectivity index (χ4v) is 1.26. The monoisotopic (exact) mass is 172 g/mol. The van der Waals surface area contributed by atoms with E-state index in [1.54, 1.807) is 0 Å². The van der Waals surface area contributed by atoms with Crippen LogP contribution in [0.5, 0.6) is 0 Å². The Morgan fingerprint density at radius 3 is 3.08 bits per heavy atom. The largest absolute Gasteiger partial charge is 0.464 e. The molecule has 0 aromatic carbocycles. The second-order valence-electron chi connectivity index (χ2n) is 2.95. The van der Waals surface area contributed by atoms with E-state index in [-0.39, 0.29) is 5.97 Å². The van der Waals surface area contributed by atoms with Crippen LogP contribution in [0.3, 0.4) is 0 Å². The van der Waals surface area contributed by atoms with Gasteiger partial charge in [-0.2, -0.15) is 0 Å². The van der Waals surface area contributed by atoms with Gasteiger partial charge in [0.15, 0.2) is 0 Å². The molecular formula is C8H16N2O2. The molecule has 0 amide bonds. The van der Waals surface area contributed by atoms with E-state index >= 15 is 0 Å². The van der Waals surface area contributed by atoms with Gasteiger partial charge in [0.1, 0.15) is 6.61 Å². The van der Waals surface area contributed by atoms with Gasteiger partial charge in [0.05, 0.1) is 6.42 Å². The number of nitrogens with two attached hydrogens (primary N) is 1. The van der Waals surface area contributed by atoms with Crippen LogP contribution >= 0.6 is 0 Å². The molecule has 1 rings (SSSR count). The number of rotatable bonds is 3. The molecule has 0 unspecified atom stereocenters. The van der Waals surface area contributed by atoms with E-state index in [0.717, 1.165) is 26.1 Å². The van der Waals surface area contributed by atoms with Gasteiger partial charge in [-0.25, -0.2) is 0 Å². The maximum absolute atomic E-state index is 10.8. The van der Waals surface area contributed by atoms with E-state index in [4.69, 9.17) is 10.5 Å². The predicted octanol–water partition coefficient (Wildman–Crippen LogP) is -0.416. The number of hydrogen-bond donors (Lipinski definition) is 1. The molecule has 1 aliphatic rings. The average Bonchev–Trinajstić information content (AvgIpc) is 2.27. The summed E-state index contributed by atoms with van der Waals surface area (Å²) in [5.41, 5.74) is 5.39. The van der Waals surface area contributed by atoms with E-state index in [9.17, 15) is 4.79 Å². The Balaban J connectivity index is 2.21. The Morgan fingerprint density at radius 1 is 1.50 bits per heavy atom. The first-order valence-electron chi connectivity index (χ1n) is 4.41. The summed E-state index contributed by atoms with van der Waals surface area (Å²) in [5, 5.41) is 0. The minimum atomic E-state index is -0.0785. The van der Waals surface area contributed by atoms with Crippen molar-refractivity contribution in [2.45, 2.75) is 12.8 Å². The van der Waals surface area contributed by atoms with Crippen molar-refractivity contribution in [3.63, 3.8) is 0 Å². The van der Waals surface area contributed by atoms with Gasteiger partial charge in [-0.3, -0.25) is 9.69 Å². The molecule has 0 radical (unpaired) electrons. The van der Waals surface area contributed by atoms with Crippen molar-refractivity contribution < 1.29 is 9.53 Å². The quantitative estimate of drug-likeness (QED) is 0.588. The third kappa shape index (κ3) is 3.19. The lowest BCUT2D eigenvalue weighted by molar-refractivity contribution is -0.142. The SMILES string of the molecule is NCCCN1CCOC(=O)CC1. The van der Waals surface area contributed by atoms with Gasteiger partial charge in [-0.15, -0.1) is 0 Å². The second kappa shape index (κ2) is 5.11. The molecule has 1 aliphatic heterocycles. The van der Waals surface area contributed by atoms with Gasteiger partial charge in [0.2, 0.25) is 0 Å². The van der Waals surface area contributed by atoms with Crippen LogP contribution in [0.25, 0.3) is 0 Å². The molecular weight excluding hydrogens is 156 g/mol. The molecule has 0 aromatic heterocycles. The third-order valence-electron chi connectivity index (χ3n) is 1.98. The van der Waals surface area contributed by atoms with Crippen LogP contribution < -0.4 is 5.73 Å². The number of esters is 1. The fourth-order valence-electron chi connectivity index (χ4n) is 1.26. The summed E-state index contributed by atoms with van der Waals surface area (Å²) >= 11 is 0. The van der Waals surface area contributed by atoms with Crippen molar-refractivity contribution in [3.05, 3.63) is 0 Å². The summed E-state index contributed by atoms with van der Waals surface area (Å²) in [4.78, 5) is 13.0. The van der Waals surface area contributed by atoms with Crippen molar-refractivity contribution in [3.8, 4) is 0 Å². The highest BCUT2D eigenvalue weighted by atomic mass is 16.5. The number of carbonyl (C=O) groups excluding carboxylic acids is 1. The third-order valence-corrected chi connectivity index (χ3v) is 1.98. The van der Waals surface area contributed by atoms with Crippen LogP contribution in [0, 0.1) is 0 Å². The summed E-state index contributed by atoms with van der Waals surface area (Å²) in [7, 11) is 0. The summed E-state index contributed by atoms with van der Waals surface area (Å²) in [5.74, 6) is -0.0785. The van der Waals surface area contributed by atoms with E-state index in [2.05, 4.69) is 4.90 Å². The molecule has 1 saturated heterocycles. The van der Waals surface area contributed by atoms with E-state index in [1.807, 2.05) is 0 Å². The fraction of sp³-hybridized carbons (Fsp3) is 0.875. The smallest absolute Gasteiger partial charge is 0.307 e. The Labute approximate surface area is 72.7 Å². The highest BCUT2D eigenvalue weighted by Crippen LogP contribution is 2.00. The summed E-state index contributed by atoms with van der Waals surface area (Å²) in [6.45, 7) is 3.90. The molecule has 0 aromatic rings. The Hall–Kier alpha value is -0.610. The lowest BCUT2D eigenvalue weighted by atomic mass is 10.3. The van der Waals surface area contributed by atoms with Gasteiger partial charge >= 0.3 is 5.97 Å². The minimum absolute atomic E-state index is 0.0785. The molecule has 0 saturated carbocycles. The average molecular weight is 172 g/mol. The Bertz CT molecular complexity index is 150. The van der Waals surface area contributed by atoms with E-state index in [0.29, 0.717) is 19.6 Å². The van der Waals surface area contributed by atoms with Gasteiger partial charge in [-0.1, -0.05) is 0 Å². The van der Waals surface area contributed by atoms with Crippen molar-refractivity contribution in [1.29, 1.82) is 0 Å². The highest BCUT2D eigenvalue weighted by molar-refractivity contribution is 5.69. The molecule has 2 N–H and O–H groups in total. The van der Waals surface area contributed by atoms with Crippen LogP contribution in [0.1, 0.15) is 12.8 Å². The minimum Gasteiger partial charge on any atom is -0.464 e. The second-order valence-corrected chi connectivity index (χ2v) is 2.95. The summed E-state index contributed by atoms with van der Waals surface area (Å²) in [6, 6.07) is 0. The highest BCUT2D eigenvalue weighted by Gasteiger charge is 2.13. The summed E-state index contributed by atoms with van der Waals surface area (Å²) in [6.07, 6.45) is 1.51. The predicted molar refractivity (Wildman–Crippen MR) is 45.7 cm³/mol. The first kappa shape index (κ1) is 9.48. The van der Waals surface area contributed by atoms with Crippen molar-refractivity contribution in [2.75, 3.05) is 32.8 Å². The van der Waals surface area contributed by atoms with Crippen LogP contribution in [-0.2, 0) is 9.53 Å². The van der Waals surface area contributed by atoms with Crippen molar-refractivity contribution in [1.82, 2.24) is 4.90 Å². The number of nitrogens with zero attached hydrogens (tertiary/aromatic N) is 1. The molecule has 0 aliphatic carbocycles. The van der Waals surface area contributed by atoms with Gasteiger partial charge in [-0.05, 0) is 19.5 Å². The van der Waals surface area contributed by atoms with Gasteiger partial charge in [0.25, 0.3) is 0 Å². The number of hydrogen-bond acceptors (Lipinski definition) is 4. The number of carbonyl (C=O) groups is 1. The normalized spacial score (nSPS) is 20.2. The summed E-state index contributed by atoms with van der Waals surface area (Å²) < 4.78 is 4.90. The molecule has 4 nitrogen and oxygen atoms in total. The first-order chi connectivity index (χ1) is 5.83. The molecule has 4 heteroatoms. The molecule has 0 spiro atoms. The van der Waals surface area contributed by atoms with E-state index < -0.39 is 0 Å². The van der Waals surface area contributed by atoms with Crippen LogP contribution in [0.2, 0.25) is 0 Å². The zero-order chi connectivity index (χ0) is 8.81. The zero-order valence-electron chi connectivity index (χ0n) is 7.29. The van der Waals surface area contributed by atoms with Crippen molar-refractivity contribution >= 4 is 5.97 Å². The maximum Gasteiger partial charge on any atom is 0.307 e. The van der Waals surface area contributed by atoms with Gasteiger partial charge in [0, 0.05) is 13.1 Å². The molecule has 1 heterocycles. The molecule has 0 atom stereocenters. The Kier molecular flexibility index (Phi) is 4.04. The standard InChI is InChI=1S/C8H16N2O2/c9-3-1-4-10-5-2-8(11)12-7-6-10/h1-7,9H2. The number of cyclic esters (lactones) is 1. The zero-order valence-corrected chi connectivity index (χ0v) is 7.29. The lowest BCUT2D eigenvalue weighted by Gasteiger charge is -2.17.